The minimum Gasteiger partial charge on any atom is -0.481 e. The van der Waals surface area contributed by atoms with Gasteiger partial charge in [0.15, 0.2) is 0 Å². The molecule has 0 aliphatic carbocycles. The van der Waals surface area contributed by atoms with Gasteiger partial charge >= 0.3 is 5.97 Å². The predicted octanol–water partition coefficient (Wildman–Crippen LogP) is 2.23. The lowest BCUT2D eigenvalue weighted by Gasteiger charge is -2.32. The highest BCUT2D eigenvalue weighted by Gasteiger charge is 2.23. The number of aliphatic carboxylic acids is 1. The van der Waals surface area contributed by atoms with Gasteiger partial charge in [0.1, 0.15) is 0 Å². The van der Waals surface area contributed by atoms with Crippen molar-refractivity contribution in [1.82, 2.24) is 4.90 Å². The summed E-state index contributed by atoms with van der Waals surface area (Å²) in [6, 6.07) is 0. The van der Waals surface area contributed by atoms with E-state index in [1.807, 2.05) is 4.90 Å². The quantitative estimate of drug-likeness (QED) is 0.723. The first-order valence-electron chi connectivity index (χ1n) is 6.70. The second-order valence-electron chi connectivity index (χ2n) is 4.83. The topological polar surface area (TPSA) is 57.6 Å². The summed E-state index contributed by atoms with van der Waals surface area (Å²) in [5.41, 5.74) is 0. The maximum absolute atomic E-state index is 11.9. The third-order valence-corrected chi connectivity index (χ3v) is 4.36. The van der Waals surface area contributed by atoms with E-state index in [4.69, 9.17) is 5.11 Å². The molecule has 1 fully saturated rings. The standard InChI is InChI=1S/C13H23NO3S/c1-2-8-18-10-12(15)14-7-3-4-11(9-14)5-6-13(16)17/h11H,2-10H2,1H3,(H,16,17). The molecule has 0 bridgehead atoms. The maximum Gasteiger partial charge on any atom is 0.303 e. The van der Waals surface area contributed by atoms with Crippen LogP contribution in [0.3, 0.4) is 0 Å². The smallest absolute Gasteiger partial charge is 0.303 e. The van der Waals surface area contributed by atoms with Gasteiger partial charge in [0.05, 0.1) is 5.75 Å². The Hall–Kier alpha value is -0.710. The summed E-state index contributed by atoms with van der Waals surface area (Å²) in [6.45, 7) is 3.70. The number of hydrogen-bond donors (Lipinski definition) is 1. The van der Waals surface area contributed by atoms with Gasteiger partial charge < -0.3 is 10.0 Å². The Balaban J connectivity index is 2.28. The molecule has 0 aromatic rings. The number of likely N-dealkylation sites (tertiary alicyclic amines) is 1. The van der Waals surface area contributed by atoms with Crippen LogP contribution in [0.2, 0.25) is 0 Å². The minimum absolute atomic E-state index is 0.216. The number of thioether (sulfide) groups is 1. The molecule has 0 radical (unpaired) electrons. The van der Waals surface area contributed by atoms with Crippen LogP contribution in [0.5, 0.6) is 0 Å². The fourth-order valence-electron chi connectivity index (χ4n) is 2.25. The van der Waals surface area contributed by atoms with E-state index in [9.17, 15) is 9.59 Å². The number of carboxylic acids is 1. The number of carboxylic acid groups (broad SMARTS) is 1. The monoisotopic (exact) mass is 273 g/mol. The number of rotatable bonds is 7. The Kier molecular flexibility index (Phi) is 7.16. The summed E-state index contributed by atoms with van der Waals surface area (Å²) in [4.78, 5) is 24.4. The van der Waals surface area contributed by atoms with Crippen LogP contribution in [0, 0.1) is 5.92 Å². The SMILES string of the molecule is CCCSCC(=O)N1CCCC(CCC(=O)O)C1. The van der Waals surface area contributed by atoms with Gasteiger partial charge in [-0.1, -0.05) is 6.92 Å². The van der Waals surface area contributed by atoms with E-state index in [-0.39, 0.29) is 12.3 Å². The van der Waals surface area contributed by atoms with Crippen LogP contribution in [0.25, 0.3) is 0 Å². The molecule has 1 aliphatic rings. The third-order valence-electron chi connectivity index (χ3n) is 3.21. The zero-order valence-corrected chi connectivity index (χ0v) is 11.9. The lowest BCUT2D eigenvalue weighted by atomic mass is 9.93. The van der Waals surface area contributed by atoms with Gasteiger partial charge in [0, 0.05) is 19.5 Å². The van der Waals surface area contributed by atoms with Crippen LogP contribution in [0.15, 0.2) is 0 Å². The average Bonchev–Trinajstić information content (AvgIpc) is 2.37. The van der Waals surface area contributed by atoms with Gasteiger partial charge in [-0.3, -0.25) is 9.59 Å². The third kappa shape index (κ3) is 5.76. The number of carbonyl (C=O) groups is 2. The van der Waals surface area contributed by atoms with Gasteiger partial charge in [-0.2, -0.15) is 11.8 Å². The molecular weight excluding hydrogens is 250 g/mol. The van der Waals surface area contributed by atoms with Crippen molar-refractivity contribution in [1.29, 1.82) is 0 Å². The zero-order valence-electron chi connectivity index (χ0n) is 11.1. The number of piperidine rings is 1. The zero-order chi connectivity index (χ0) is 13.4. The molecule has 1 saturated heterocycles. The Bertz CT molecular complexity index is 283. The number of hydrogen-bond acceptors (Lipinski definition) is 3. The first kappa shape index (κ1) is 15.3. The lowest BCUT2D eigenvalue weighted by Crippen LogP contribution is -2.41. The van der Waals surface area contributed by atoms with Crippen molar-refractivity contribution >= 4 is 23.6 Å². The fourth-order valence-corrected chi connectivity index (χ4v) is 3.04. The highest BCUT2D eigenvalue weighted by molar-refractivity contribution is 7.99. The molecule has 0 saturated carbocycles. The number of amides is 1. The molecule has 5 heteroatoms. The van der Waals surface area contributed by atoms with Crippen LogP contribution in [-0.2, 0) is 9.59 Å². The highest BCUT2D eigenvalue weighted by Crippen LogP contribution is 2.21. The summed E-state index contributed by atoms with van der Waals surface area (Å²) >= 11 is 1.69. The second-order valence-corrected chi connectivity index (χ2v) is 5.94. The molecule has 0 spiro atoms. The molecule has 104 valence electrons. The molecule has 18 heavy (non-hydrogen) atoms. The molecule has 0 aromatic heterocycles. The molecular formula is C13H23NO3S. The van der Waals surface area contributed by atoms with Crippen LogP contribution in [0.1, 0.15) is 39.0 Å². The molecule has 4 nitrogen and oxygen atoms in total. The van der Waals surface area contributed by atoms with E-state index in [1.54, 1.807) is 11.8 Å². The highest BCUT2D eigenvalue weighted by atomic mass is 32.2. The minimum atomic E-state index is -0.739. The summed E-state index contributed by atoms with van der Waals surface area (Å²) < 4.78 is 0. The molecule has 1 aliphatic heterocycles. The average molecular weight is 273 g/mol. The molecule has 1 rings (SSSR count). The first-order valence-corrected chi connectivity index (χ1v) is 7.86. The number of carbonyl (C=O) groups excluding carboxylic acids is 1. The molecule has 1 heterocycles. The van der Waals surface area contributed by atoms with E-state index in [2.05, 4.69) is 6.92 Å². The molecule has 0 aromatic carbocycles. The Morgan fingerprint density at radius 3 is 2.89 bits per heavy atom. The predicted molar refractivity (Wildman–Crippen MR) is 73.8 cm³/mol. The van der Waals surface area contributed by atoms with Crippen LogP contribution in [-0.4, -0.2) is 46.5 Å². The van der Waals surface area contributed by atoms with Crippen molar-refractivity contribution in [2.45, 2.75) is 39.0 Å². The van der Waals surface area contributed by atoms with Crippen molar-refractivity contribution < 1.29 is 14.7 Å². The van der Waals surface area contributed by atoms with E-state index in [0.29, 0.717) is 18.1 Å². The summed E-state index contributed by atoms with van der Waals surface area (Å²) in [5, 5.41) is 8.68. The molecule has 1 atom stereocenters. The lowest BCUT2D eigenvalue weighted by molar-refractivity contribution is -0.137. The summed E-state index contributed by atoms with van der Waals surface area (Å²) in [6.07, 6.45) is 4.07. The van der Waals surface area contributed by atoms with Crippen molar-refractivity contribution in [3.8, 4) is 0 Å². The van der Waals surface area contributed by atoms with E-state index in [1.165, 1.54) is 0 Å². The van der Waals surface area contributed by atoms with Gasteiger partial charge in [-0.15, -0.1) is 0 Å². The van der Waals surface area contributed by atoms with Crippen LogP contribution >= 0.6 is 11.8 Å². The second kappa shape index (κ2) is 8.40. The summed E-state index contributed by atoms with van der Waals surface area (Å²) in [7, 11) is 0. The van der Waals surface area contributed by atoms with Gasteiger partial charge in [-0.05, 0) is 37.4 Å². The number of nitrogens with zero attached hydrogens (tertiary/aromatic N) is 1. The van der Waals surface area contributed by atoms with Crippen molar-refractivity contribution in [2.75, 3.05) is 24.6 Å². The maximum atomic E-state index is 11.9. The van der Waals surface area contributed by atoms with Crippen molar-refractivity contribution in [3.05, 3.63) is 0 Å². The van der Waals surface area contributed by atoms with Crippen LogP contribution < -0.4 is 0 Å². The Labute approximate surface area is 113 Å². The van der Waals surface area contributed by atoms with Gasteiger partial charge in [0.25, 0.3) is 0 Å². The first-order chi connectivity index (χ1) is 8.63. The fraction of sp³-hybridized carbons (Fsp3) is 0.846. The largest absolute Gasteiger partial charge is 0.481 e. The summed E-state index contributed by atoms with van der Waals surface area (Å²) in [5.74, 6) is 1.45. The van der Waals surface area contributed by atoms with Gasteiger partial charge in [0.2, 0.25) is 5.91 Å². The van der Waals surface area contributed by atoms with E-state index >= 15 is 0 Å². The van der Waals surface area contributed by atoms with Gasteiger partial charge in [-0.25, -0.2) is 0 Å². The Morgan fingerprint density at radius 2 is 2.22 bits per heavy atom. The van der Waals surface area contributed by atoms with E-state index < -0.39 is 5.97 Å². The van der Waals surface area contributed by atoms with Crippen LogP contribution in [0.4, 0.5) is 0 Å². The molecule has 1 N–H and O–H groups in total. The molecule has 1 amide bonds. The van der Waals surface area contributed by atoms with E-state index in [0.717, 1.165) is 38.1 Å². The Morgan fingerprint density at radius 1 is 1.44 bits per heavy atom. The molecule has 1 unspecified atom stereocenters. The normalized spacial score (nSPS) is 19.8. The van der Waals surface area contributed by atoms with Crippen molar-refractivity contribution in [3.63, 3.8) is 0 Å². The van der Waals surface area contributed by atoms with Crippen molar-refractivity contribution in [2.24, 2.45) is 5.92 Å².